The van der Waals surface area contributed by atoms with Crippen LogP contribution in [0.1, 0.15) is 5.69 Å². The molecule has 0 aliphatic carbocycles. The van der Waals surface area contributed by atoms with Crippen LogP contribution in [0.2, 0.25) is 0 Å². The molecule has 1 aromatic heterocycles. The Balaban J connectivity index is 2.19. The van der Waals surface area contributed by atoms with Gasteiger partial charge in [-0.05, 0) is 31.2 Å². The second-order valence-corrected chi connectivity index (χ2v) is 3.18. The van der Waals surface area contributed by atoms with E-state index in [0.29, 0.717) is 0 Å². The summed E-state index contributed by atoms with van der Waals surface area (Å²) < 4.78 is 29.6. The number of alkyl halides is 2. The average Bonchev–Trinajstić information content (AvgIpc) is 2.65. The van der Waals surface area contributed by atoms with Gasteiger partial charge in [-0.1, -0.05) is 5.21 Å². The molecule has 0 bridgehead atoms. The van der Waals surface area contributed by atoms with Crippen molar-refractivity contribution < 1.29 is 13.5 Å². The summed E-state index contributed by atoms with van der Waals surface area (Å²) in [6, 6.07) is 6.18. The van der Waals surface area contributed by atoms with Crippen LogP contribution in [-0.4, -0.2) is 21.6 Å². The number of halogens is 2. The summed E-state index contributed by atoms with van der Waals surface area (Å²) in [7, 11) is 0. The zero-order valence-corrected chi connectivity index (χ0v) is 8.47. The largest absolute Gasteiger partial charge is 0.435 e. The molecule has 0 atom stereocenters. The fourth-order valence-corrected chi connectivity index (χ4v) is 1.25. The second-order valence-electron chi connectivity index (χ2n) is 3.18. The van der Waals surface area contributed by atoms with Gasteiger partial charge in [0.25, 0.3) is 0 Å². The summed E-state index contributed by atoms with van der Waals surface area (Å²) in [5.74, 6) is 0.121. The molecule has 2 rings (SSSR count). The minimum Gasteiger partial charge on any atom is -0.435 e. The quantitative estimate of drug-likeness (QED) is 0.803. The maximum atomic E-state index is 11.9. The molecule has 2 aromatic rings. The fraction of sp³-hybridized carbons (Fsp3) is 0.200. The molecule has 0 saturated carbocycles. The third kappa shape index (κ3) is 2.33. The lowest BCUT2D eigenvalue weighted by Gasteiger charge is -2.05. The number of nitrogens with zero attached hydrogens (tertiary/aromatic N) is 3. The van der Waals surface area contributed by atoms with Gasteiger partial charge in [-0.3, -0.25) is 0 Å². The first-order valence-corrected chi connectivity index (χ1v) is 4.59. The number of aromatic nitrogens is 3. The Bertz CT molecular complexity index is 467. The Morgan fingerprint density at radius 2 is 1.94 bits per heavy atom. The van der Waals surface area contributed by atoms with Crippen LogP contribution in [0.25, 0.3) is 5.69 Å². The zero-order valence-electron chi connectivity index (χ0n) is 8.47. The normalized spacial score (nSPS) is 10.8. The van der Waals surface area contributed by atoms with Crippen LogP contribution in [-0.2, 0) is 0 Å². The van der Waals surface area contributed by atoms with Gasteiger partial charge in [0, 0.05) is 0 Å². The Kier molecular flexibility index (Phi) is 2.80. The van der Waals surface area contributed by atoms with Gasteiger partial charge in [0.2, 0.25) is 0 Å². The van der Waals surface area contributed by atoms with E-state index >= 15 is 0 Å². The number of rotatable bonds is 3. The highest BCUT2D eigenvalue weighted by Crippen LogP contribution is 2.16. The SMILES string of the molecule is Cc1cn(-c2ccc(OC(F)F)cc2)nn1. The minimum absolute atomic E-state index is 0.121. The Morgan fingerprint density at radius 1 is 1.25 bits per heavy atom. The van der Waals surface area contributed by atoms with Crippen molar-refractivity contribution in [2.45, 2.75) is 13.5 Å². The Morgan fingerprint density at radius 3 is 2.44 bits per heavy atom. The molecule has 0 N–H and O–H groups in total. The van der Waals surface area contributed by atoms with Crippen LogP contribution in [0.5, 0.6) is 5.75 Å². The summed E-state index contributed by atoms with van der Waals surface area (Å²) in [5, 5.41) is 7.68. The van der Waals surface area contributed by atoms with E-state index in [-0.39, 0.29) is 5.75 Å². The molecular formula is C10H9F2N3O. The van der Waals surface area contributed by atoms with Crippen LogP contribution < -0.4 is 4.74 Å². The maximum absolute atomic E-state index is 11.9. The van der Waals surface area contributed by atoms with Crippen molar-refractivity contribution in [1.29, 1.82) is 0 Å². The number of hydrogen-bond acceptors (Lipinski definition) is 3. The second kappa shape index (κ2) is 4.26. The van der Waals surface area contributed by atoms with Gasteiger partial charge in [0.05, 0.1) is 17.6 Å². The molecule has 16 heavy (non-hydrogen) atoms. The highest BCUT2D eigenvalue weighted by atomic mass is 19.3. The van der Waals surface area contributed by atoms with Gasteiger partial charge in [0.15, 0.2) is 0 Å². The van der Waals surface area contributed by atoms with Crippen molar-refractivity contribution in [3.05, 3.63) is 36.2 Å². The third-order valence-electron chi connectivity index (χ3n) is 1.93. The molecule has 0 amide bonds. The fourth-order valence-electron chi connectivity index (χ4n) is 1.25. The minimum atomic E-state index is -2.81. The average molecular weight is 225 g/mol. The van der Waals surface area contributed by atoms with Crippen molar-refractivity contribution in [1.82, 2.24) is 15.0 Å². The summed E-state index contributed by atoms with van der Waals surface area (Å²) >= 11 is 0. The first-order chi connectivity index (χ1) is 7.65. The summed E-state index contributed by atoms with van der Waals surface area (Å²) in [5.41, 5.74) is 1.52. The predicted molar refractivity (Wildman–Crippen MR) is 52.7 cm³/mol. The van der Waals surface area contributed by atoms with Gasteiger partial charge >= 0.3 is 6.61 Å². The number of benzene rings is 1. The van der Waals surface area contributed by atoms with E-state index in [9.17, 15) is 8.78 Å². The third-order valence-corrected chi connectivity index (χ3v) is 1.93. The van der Waals surface area contributed by atoms with Gasteiger partial charge < -0.3 is 4.74 Å². The zero-order chi connectivity index (χ0) is 11.5. The van der Waals surface area contributed by atoms with E-state index in [1.54, 1.807) is 23.0 Å². The summed E-state index contributed by atoms with van der Waals surface area (Å²) in [6.07, 6.45) is 1.74. The maximum Gasteiger partial charge on any atom is 0.387 e. The lowest BCUT2D eigenvalue weighted by molar-refractivity contribution is -0.0498. The molecule has 0 aliphatic heterocycles. The molecule has 0 aliphatic rings. The van der Waals surface area contributed by atoms with Crippen molar-refractivity contribution in [2.24, 2.45) is 0 Å². The number of hydrogen-bond donors (Lipinski definition) is 0. The van der Waals surface area contributed by atoms with Gasteiger partial charge in [-0.2, -0.15) is 8.78 Å². The monoisotopic (exact) mass is 225 g/mol. The molecular weight excluding hydrogens is 216 g/mol. The lowest BCUT2D eigenvalue weighted by Crippen LogP contribution is -2.02. The van der Waals surface area contributed by atoms with Crippen LogP contribution in [0, 0.1) is 6.92 Å². The smallest absolute Gasteiger partial charge is 0.387 e. The number of aryl methyl sites for hydroxylation is 1. The molecule has 84 valence electrons. The highest BCUT2D eigenvalue weighted by molar-refractivity contribution is 5.36. The molecule has 6 heteroatoms. The van der Waals surface area contributed by atoms with Crippen molar-refractivity contribution in [3.8, 4) is 11.4 Å². The van der Waals surface area contributed by atoms with Gasteiger partial charge in [-0.25, -0.2) is 4.68 Å². The topological polar surface area (TPSA) is 39.9 Å². The number of ether oxygens (including phenoxy) is 1. The van der Waals surface area contributed by atoms with Gasteiger partial charge in [-0.15, -0.1) is 5.10 Å². The highest BCUT2D eigenvalue weighted by Gasteiger charge is 2.04. The standard InChI is InChI=1S/C10H9F2N3O/c1-7-6-15(14-13-7)8-2-4-9(5-3-8)16-10(11)12/h2-6,10H,1H3. The molecule has 0 spiro atoms. The van der Waals surface area contributed by atoms with Crippen LogP contribution in [0.4, 0.5) is 8.78 Å². The summed E-state index contributed by atoms with van der Waals surface area (Å²) in [6.45, 7) is -0.989. The molecule has 0 radical (unpaired) electrons. The molecule has 0 fully saturated rings. The van der Waals surface area contributed by atoms with Crippen molar-refractivity contribution >= 4 is 0 Å². The first kappa shape index (κ1) is 10.5. The van der Waals surface area contributed by atoms with Gasteiger partial charge in [0.1, 0.15) is 5.75 Å². The molecule has 4 nitrogen and oxygen atoms in total. The van der Waals surface area contributed by atoms with E-state index in [4.69, 9.17) is 0 Å². The molecule has 1 heterocycles. The Labute approximate surface area is 90.5 Å². The van der Waals surface area contributed by atoms with Crippen LogP contribution >= 0.6 is 0 Å². The van der Waals surface area contributed by atoms with E-state index in [1.165, 1.54) is 12.1 Å². The van der Waals surface area contributed by atoms with E-state index in [2.05, 4.69) is 15.0 Å². The van der Waals surface area contributed by atoms with E-state index in [1.807, 2.05) is 6.92 Å². The van der Waals surface area contributed by atoms with Crippen LogP contribution in [0.3, 0.4) is 0 Å². The summed E-state index contributed by atoms with van der Waals surface area (Å²) in [4.78, 5) is 0. The molecule has 0 saturated heterocycles. The molecule has 0 unspecified atom stereocenters. The van der Waals surface area contributed by atoms with Crippen molar-refractivity contribution in [2.75, 3.05) is 0 Å². The van der Waals surface area contributed by atoms with E-state index in [0.717, 1.165) is 11.4 Å². The lowest BCUT2D eigenvalue weighted by atomic mass is 10.3. The van der Waals surface area contributed by atoms with Crippen molar-refractivity contribution in [3.63, 3.8) is 0 Å². The first-order valence-electron chi connectivity index (χ1n) is 4.59. The Hall–Kier alpha value is -1.98. The van der Waals surface area contributed by atoms with Crippen LogP contribution in [0.15, 0.2) is 30.5 Å². The predicted octanol–water partition coefficient (Wildman–Crippen LogP) is 2.18. The molecule has 1 aromatic carbocycles. The van der Waals surface area contributed by atoms with E-state index < -0.39 is 6.61 Å².